The van der Waals surface area contributed by atoms with Gasteiger partial charge in [0.25, 0.3) is 0 Å². The summed E-state index contributed by atoms with van der Waals surface area (Å²) in [6, 6.07) is 11.7. The zero-order valence-electron chi connectivity index (χ0n) is 12.6. The summed E-state index contributed by atoms with van der Waals surface area (Å²) in [7, 11) is 0. The highest BCUT2D eigenvalue weighted by Crippen LogP contribution is 2.37. The van der Waals surface area contributed by atoms with Crippen molar-refractivity contribution < 1.29 is 4.79 Å². The average molecular weight is 278 g/mol. The Hall–Kier alpha value is -2.34. The Kier molecular flexibility index (Phi) is 2.98. The minimum absolute atomic E-state index is 0.0144. The van der Waals surface area contributed by atoms with E-state index in [0.29, 0.717) is 12.0 Å². The molecule has 21 heavy (non-hydrogen) atoms. The Morgan fingerprint density at radius 1 is 1.24 bits per heavy atom. The molecule has 0 saturated heterocycles. The molecule has 0 aliphatic heterocycles. The van der Waals surface area contributed by atoms with Crippen LogP contribution in [-0.4, -0.2) is 10.4 Å². The molecule has 1 aromatic heterocycles. The Morgan fingerprint density at radius 3 is 2.71 bits per heavy atom. The molecular formula is C18H18N2O. The van der Waals surface area contributed by atoms with Crippen molar-refractivity contribution in [1.29, 1.82) is 5.26 Å². The van der Waals surface area contributed by atoms with Crippen LogP contribution in [0.25, 0.3) is 5.69 Å². The summed E-state index contributed by atoms with van der Waals surface area (Å²) in [5.41, 5.74) is 4.53. The average Bonchev–Trinajstić information content (AvgIpc) is 2.74. The number of hydrogen-bond donors (Lipinski definition) is 0. The van der Waals surface area contributed by atoms with E-state index in [4.69, 9.17) is 5.26 Å². The molecule has 106 valence electrons. The first-order valence-electron chi connectivity index (χ1n) is 7.16. The maximum Gasteiger partial charge on any atom is 0.165 e. The normalized spacial score (nSPS) is 16.4. The quantitative estimate of drug-likeness (QED) is 0.796. The van der Waals surface area contributed by atoms with Crippen LogP contribution in [0.3, 0.4) is 0 Å². The highest BCUT2D eigenvalue weighted by atomic mass is 16.1. The zero-order chi connectivity index (χ0) is 15.2. The third-order valence-corrected chi connectivity index (χ3v) is 4.11. The number of rotatable bonds is 1. The Balaban J connectivity index is 2.21. The third kappa shape index (κ3) is 2.27. The van der Waals surface area contributed by atoms with Gasteiger partial charge in [-0.25, -0.2) is 0 Å². The summed E-state index contributed by atoms with van der Waals surface area (Å²) in [5, 5.41) is 9.08. The fraction of sp³-hybridized carbons (Fsp3) is 0.333. The van der Waals surface area contributed by atoms with Crippen LogP contribution in [0.1, 0.15) is 47.6 Å². The topological polar surface area (TPSA) is 45.8 Å². The molecule has 3 rings (SSSR count). The molecule has 1 aromatic carbocycles. The molecule has 2 aromatic rings. The number of aryl methyl sites for hydroxylation is 1. The van der Waals surface area contributed by atoms with E-state index in [1.807, 2.05) is 31.2 Å². The van der Waals surface area contributed by atoms with E-state index in [-0.39, 0.29) is 11.2 Å². The van der Waals surface area contributed by atoms with Crippen molar-refractivity contribution in [2.24, 2.45) is 5.41 Å². The van der Waals surface area contributed by atoms with E-state index in [9.17, 15) is 4.79 Å². The lowest BCUT2D eigenvalue weighted by molar-refractivity contribution is 0.0911. The summed E-state index contributed by atoms with van der Waals surface area (Å²) in [6.07, 6.45) is 1.47. The zero-order valence-corrected chi connectivity index (χ0v) is 12.6. The predicted molar refractivity (Wildman–Crippen MR) is 81.7 cm³/mol. The maximum absolute atomic E-state index is 12.4. The molecule has 0 fully saturated rings. The molecule has 1 aliphatic rings. The Morgan fingerprint density at radius 2 is 2.00 bits per heavy atom. The van der Waals surface area contributed by atoms with Gasteiger partial charge in [0.05, 0.1) is 11.6 Å². The maximum atomic E-state index is 12.4. The third-order valence-electron chi connectivity index (χ3n) is 4.11. The Bertz CT molecular complexity index is 775. The second kappa shape index (κ2) is 4.60. The number of nitrogens with zero attached hydrogens (tertiary/aromatic N) is 2. The van der Waals surface area contributed by atoms with Crippen LogP contribution < -0.4 is 0 Å². The number of carbonyl (C=O) groups excluding carboxylic acids is 1. The lowest BCUT2D eigenvalue weighted by Crippen LogP contribution is -2.27. The van der Waals surface area contributed by atoms with Gasteiger partial charge in [-0.1, -0.05) is 19.9 Å². The molecule has 3 heteroatoms. The van der Waals surface area contributed by atoms with Gasteiger partial charge in [0.1, 0.15) is 0 Å². The van der Waals surface area contributed by atoms with Gasteiger partial charge >= 0.3 is 0 Å². The fourth-order valence-corrected chi connectivity index (χ4v) is 3.23. The summed E-state index contributed by atoms with van der Waals surface area (Å²) >= 11 is 0. The molecule has 0 unspecified atom stereocenters. The fourth-order valence-electron chi connectivity index (χ4n) is 3.23. The highest BCUT2D eigenvalue weighted by molar-refractivity contribution is 5.99. The first kappa shape index (κ1) is 13.6. The van der Waals surface area contributed by atoms with E-state index in [2.05, 4.69) is 24.5 Å². The SMILES string of the molecule is Cc1cc2c(n1-c1cccc(C#N)c1)CC(C)(C)CC2=O. The lowest BCUT2D eigenvalue weighted by Gasteiger charge is -2.29. The van der Waals surface area contributed by atoms with E-state index in [1.165, 1.54) is 0 Å². The molecule has 0 amide bonds. The largest absolute Gasteiger partial charge is 0.317 e. The summed E-state index contributed by atoms with van der Waals surface area (Å²) in [5.74, 6) is 0.222. The van der Waals surface area contributed by atoms with Crippen LogP contribution in [0.5, 0.6) is 0 Å². The number of aromatic nitrogens is 1. The first-order chi connectivity index (χ1) is 9.91. The van der Waals surface area contributed by atoms with Crippen LogP contribution >= 0.6 is 0 Å². The molecule has 0 radical (unpaired) electrons. The van der Waals surface area contributed by atoms with Gasteiger partial charge in [0, 0.05) is 29.1 Å². The van der Waals surface area contributed by atoms with Gasteiger partial charge in [0.15, 0.2) is 5.78 Å². The van der Waals surface area contributed by atoms with Crippen LogP contribution in [0.2, 0.25) is 0 Å². The van der Waals surface area contributed by atoms with Crippen molar-refractivity contribution in [1.82, 2.24) is 4.57 Å². The van der Waals surface area contributed by atoms with Gasteiger partial charge < -0.3 is 4.57 Å². The van der Waals surface area contributed by atoms with Crippen molar-refractivity contribution in [2.45, 2.75) is 33.6 Å². The van der Waals surface area contributed by atoms with Crippen LogP contribution in [0.4, 0.5) is 0 Å². The van der Waals surface area contributed by atoms with Gasteiger partial charge in [-0.15, -0.1) is 0 Å². The van der Waals surface area contributed by atoms with Crippen molar-refractivity contribution in [3.05, 3.63) is 52.8 Å². The smallest absolute Gasteiger partial charge is 0.165 e. The summed E-state index contributed by atoms with van der Waals surface area (Å²) in [4.78, 5) is 12.4. The van der Waals surface area contributed by atoms with E-state index >= 15 is 0 Å². The first-order valence-corrected chi connectivity index (χ1v) is 7.16. The highest BCUT2D eigenvalue weighted by Gasteiger charge is 2.34. The number of hydrogen-bond acceptors (Lipinski definition) is 2. The van der Waals surface area contributed by atoms with Gasteiger partial charge in [-0.3, -0.25) is 4.79 Å². The molecule has 1 aliphatic carbocycles. The number of ketones is 1. The number of carbonyl (C=O) groups is 1. The van der Waals surface area contributed by atoms with Gasteiger partial charge in [0.2, 0.25) is 0 Å². The van der Waals surface area contributed by atoms with Crippen molar-refractivity contribution in [3.8, 4) is 11.8 Å². The number of fused-ring (bicyclic) bond motifs is 1. The molecule has 0 spiro atoms. The van der Waals surface area contributed by atoms with E-state index in [0.717, 1.165) is 29.1 Å². The second-order valence-corrected chi connectivity index (χ2v) is 6.58. The molecular weight excluding hydrogens is 260 g/mol. The van der Waals surface area contributed by atoms with Crippen LogP contribution in [-0.2, 0) is 6.42 Å². The lowest BCUT2D eigenvalue weighted by atomic mass is 9.76. The number of benzene rings is 1. The van der Waals surface area contributed by atoms with Crippen LogP contribution in [0, 0.1) is 23.7 Å². The van der Waals surface area contributed by atoms with Gasteiger partial charge in [-0.05, 0) is 43.0 Å². The van der Waals surface area contributed by atoms with Crippen molar-refractivity contribution in [2.75, 3.05) is 0 Å². The molecule has 1 heterocycles. The number of Topliss-reactive ketones (excluding diaryl/α,β-unsaturated/α-hetero) is 1. The van der Waals surface area contributed by atoms with Crippen molar-refractivity contribution in [3.63, 3.8) is 0 Å². The summed E-state index contributed by atoms with van der Waals surface area (Å²) in [6.45, 7) is 6.27. The molecule has 0 atom stereocenters. The summed E-state index contributed by atoms with van der Waals surface area (Å²) < 4.78 is 2.12. The monoisotopic (exact) mass is 278 g/mol. The Labute approximate surface area is 124 Å². The molecule has 0 bridgehead atoms. The van der Waals surface area contributed by atoms with E-state index < -0.39 is 0 Å². The molecule has 0 saturated carbocycles. The van der Waals surface area contributed by atoms with Crippen molar-refractivity contribution >= 4 is 5.78 Å². The van der Waals surface area contributed by atoms with E-state index in [1.54, 1.807) is 6.07 Å². The minimum atomic E-state index is -0.0144. The van der Waals surface area contributed by atoms with Crippen LogP contribution in [0.15, 0.2) is 30.3 Å². The molecule has 0 N–H and O–H groups in total. The number of nitriles is 1. The molecule has 3 nitrogen and oxygen atoms in total. The second-order valence-electron chi connectivity index (χ2n) is 6.58. The predicted octanol–water partition coefficient (Wildman–Crippen LogP) is 3.81. The minimum Gasteiger partial charge on any atom is -0.317 e. The standard InChI is InChI=1S/C18H18N2O/c1-12-7-15-16(9-18(2,3)10-17(15)21)20(12)14-6-4-5-13(8-14)11-19/h4-8H,9-10H2,1-3H3. The van der Waals surface area contributed by atoms with Gasteiger partial charge in [-0.2, -0.15) is 5.26 Å².